The number of carbonyl (C=O) groups excluding carboxylic acids is 1. The van der Waals surface area contributed by atoms with Crippen LogP contribution in [0, 0.1) is 6.92 Å². The molecule has 0 aromatic carbocycles. The Morgan fingerprint density at radius 3 is 2.96 bits per heavy atom. The number of amides is 1. The summed E-state index contributed by atoms with van der Waals surface area (Å²) < 4.78 is 0. The van der Waals surface area contributed by atoms with E-state index in [-0.39, 0.29) is 11.9 Å². The highest BCUT2D eigenvalue weighted by atomic mass is 32.2. The van der Waals surface area contributed by atoms with Gasteiger partial charge in [-0.05, 0) is 19.4 Å². The molecule has 7 nitrogen and oxygen atoms in total. The zero-order chi connectivity index (χ0) is 18.1. The molecule has 1 atom stereocenters. The Labute approximate surface area is 154 Å². The molecule has 3 heterocycles. The van der Waals surface area contributed by atoms with E-state index in [1.807, 2.05) is 31.3 Å². The van der Waals surface area contributed by atoms with Gasteiger partial charge in [0.2, 0.25) is 5.91 Å². The van der Waals surface area contributed by atoms with Crippen molar-refractivity contribution in [3.05, 3.63) is 47.3 Å². The van der Waals surface area contributed by atoms with Gasteiger partial charge in [0.05, 0.1) is 22.7 Å². The molecular weight excluding hydrogens is 348 g/mol. The lowest BCUT2D eigenvalue weighted by Crippen LogP contribution is -2.31. The molecule has 8 heteroatoms. The lowest BCUT2D eigenvalue weighted by Gasteiger charge is -2.16. The molecule has 4 rings (SSSR count). The van der Waals surface area contributed by atoms with Gasteiger partial charge in [-0.1, -0.05) is 30.0 Å². The maximum Gasteiger partial charge on any atom is 0.217 e. The SMILES string of the molecule is CC(=O)NC1C=CC(Sc2cncc3[nH]c(-c4cc(C)[nH]n4)nc23)=CC1. The molecule has 132 valence electrons. The van der Waals surface area contributed by atoms with Gasteiger partial charge in [-0.3, -0.25) is 14.9 Å². The Balaban J connectivity index is 1.58. The number of pyridine rings is 1. The zero-order valence-corrected chi connectivity index (χ0v) is 15.2. The van der Waals surface area contributed by atoms with E-state index in [1.54, 1.807) is 18.0 Å². The van der Waals surface area contributed by atoms with E-state index in [2.05, 4.69) is 31.6 Å². The normalized spacial score (nSPS) is 16.7. The highest BCUT2D eigenvalue weighted by molar-refractivity contribution is 8.03. The van der Waals surface area contributed by atoms with Crippen molar-refractivity contribution in [3.8, 4) is 11.5 Å². The smallest absolute Gasteiger partial charge is 0.217 e. The van der Waals surface area contributed by atoms with Gasteiger partial charge >= 0.3 is 0 Å². The van der Waals surface area contributed by atoms with Crippen molar-refractivity contribution >= 4 is 28.7 Å². The van der Waals surface area contributed by atoms with Crippen LogP contribution in [-0.2, 0) is 4.79 Å². The van der Waals surface area contributed by atoms with E-state index >= 15 is 0 Å². The number of allylic oxidation sites excluding steroid dienone is 1. The number of fused-ring (bicyclic) bond motifs is 1. The summed E-state index contributed by atoms with van der Waals surface area (Å²) in [5, 5.41) is 10.1. The molecule has 0 saturated carbocycles. The Bertz CT molecular complexity index is 1030. The molecule has 3 aromatic heterocycles. The number of H-pyrrole nitrogens is 2. The second kappa shape index (κ2) is 6.80. The molecule has 1 aliphatic carbocycles. The summed E-state index contributed by atoms with van der Waals surface area (Å²) in [6.07, 6.45) is 10.5. The van der Waals surface area contributed by atoms with Crippen LogP contribution in [0.5, 0.6) is 0 Å². The van der Waals surface area contributed by atoms with Crippen molar-refractivity contribution in [1.29, 1.82) is 0 Å². The highest BCUT2D eigenvalue weighted by Gasteiger charge is 2.15. The lowest BCUT2D eigenvalue weighted by atomic mass is 10.1. The van der Waals surface area contributed by atoms with Crippen LogP contribution in [0.2, 0.25) is 0 Å². The number of nitrogens with zero attached hydrogens (tertiary/aromatic N) is 3. The number of imidazole rings is 1. The molecule has 1 amide bonds. The predicted molar refractivity (Wildman–Crippen MR) is 102 cm³/mol. The molecule has 0 radical (unpaired) electrons. The van der Waals surface area contributed by atoms with Crippen LogP contribution in [0.1, 0.15) is 19.0 Å². The van der Waals surface area contributed by atoms with Crippen LogP contribution in [0.3, 0.4) is 0 Å². The third kappa shape index (κ3) is 3.41. The maximum atomic E-state index is 11.2. The summed E-state index contributed by atoms with van der Waals surface area (Å²) in [4.78, 5) is 25.5. The maximum absolute atomic E-state index is 11.2. The van der Waals surface area contributed by atoms with Gasteiger partial charge in [0, 0.05) is 23.7 Å². The number of rotatable bonds is 4. The van der Waals surface area contributed by atoms with Crippen LogP contribution in [0.25, 0.3) is 22.6 Å². The minimum Gasteiger partial charge on any atom is -0.350 e. The summed E-state index contributed by atoms with van der Waals surface area (Å²) >= 11 is 1.62. The minimum atomic E-state index is -0.0178. The summed E-state index contributed by atoms with van der Waals surface area (Å²) in [6, 6.07) is 2.01. The first-order chi connectivity index (χ1) is 12.6. The van der Waals surface area contributed by atoms with Crippen molar-refractivity contribution in [2.75, 3.05) is 0 Å². The van der Waals surface area contributed by atoms with Crippen LogP contribution in [0.15, 0.2) is 46.5 Å². The molecule has 0 fully saturated rings. The van der Waals surface area contributed by atoms with E-state index in [0.29, 0.717) is 0 Å². The van der Waals surface area contributed by atoms with E-state index < -0.39 is 0 Å². The molecule has 3 aromatic rings. The standard InChI is InChI=1S/C18H18N6OS/c1-10-7-14(24-23-10)18-21-15-8-19-9-16(17(15)22-18)26-13-5-3-12(4-6-13)20-11(2)25/h3,5-9,12H,4H2,1-2H3,(H,20,25)(H,21,22)(H,23,24). The fourth-order valence-corrected chi connectivity index (χ4v) is 3.76. The molecule has 0 aliphatic heterocycles. The summed E-state index contributed by atoms with van der Waals surface area (Å²) in [6.45, 7) is 3.49. The van der Waals surface area contributed by atoms with Crippen molar-refractivity contribution in [1.82, 2.24) is 30.5 Å². The lowest BCUT2D eigenvalue weighted by molar-refractivity contribution is -0.119. The molecule has 0 spiro atoms. The Hall–Kier alpha value is -2.87. The second-order valence-electron chi connectivity index (χ2n) is 6.17. The fourth-order valence-electron chi connectivity index (χ4n) is 2.82. The molecule has 0 saturated heterocycles. The average Bonchev–Trinajstić information content (AvgIpc) is 3.23. The number of aryl methyl sites for hydroxylation is 1. The molecule has 1 unspecified atom stereocenters. The van der Waals surface area contributed by atoms with Gasteiger partial charge in [-0.25, -0.2) is 4.98 Å². The summed E-state index contributed by atoms with van der Waals surface area (Å²) in [5.74, 6) is 0.703. The van der Waals surface area contributed by atoms with Crippen molar-refractivity contribution in [2.45, 2.75) is 31.2 Å². The van der Waals surface area contributed by atoms with Crippen LogP contribution < -0.4 is 5.32 Å². The molecule has 26 heavy (non-hydrogen) atoms. The van der Waals surface area contributed by atoms with Gasteiger partial charge in [0.15, 0.2) is 5.82 Å². The largest absolute Gasteiger partial charge is 0.350 e. The van der Waals surface area contributed by atoms with Crippen molar-refractivity contribution < 1.29 is 4.79 Å². The predicted octanol–water partition coefficient (Wildman–Crippen LogP) is 3.10. The van der Waals surface area contributed by atoms with Gasteiger partial charge in [-0.15, -0.1) is 0 Å². The molecule has 3 N–H and O–H groups in total. The van der Waals surface area contributed by atoms with E-state index in [1.165, 1.54) is 6.92 Å². The Morgan fingerprint density at radius 2 is 2.27 bits per heavy atom. The highest BCUT2D eigenvalue weighted by Crippen LogP contribution is 2.34. The first-order valence-corrected chi connectivity index (χ1v) is 9.09. The quantitative estimate of drug-likeness (QED) is 0.659. The molecular formula is C18H18N6OS. The minimum absolute atomic E-state index is 0.0178. The Kier molecular flexibility index (Phi) is 4.34. The first-order valence-electron chi connectivity index (χ1n) is 8.28. The van der Waals surface area contributed by atoms with Gasteiger partial charge in [0.1, 0.15) is 11.2 Å². The average molecular weight is 366 g/mol. The number of thioether (sulfide) groups is 1. The third-order valence-electron chi connectivity index (χ3n) is 3.99. The van der Waals surface area contributed by atoms with Gasteiger partial charge in [0.25, 0.3) is 0 Å². The topological polar surface area (TPSA) is 99.3 Å². The summed E-state index contributed by atoms with van der Waals surface area (Å²) in [7, 11) is 0. The molecule has 1 aliphatic rings. The Morgan fingerprint density at radius 1 is 1.38 bits per heavy atom. The van der Waals surface area contributed by atoms with Crippen LogP contribution in [0.4, 0.5) is 0 Å². The number of carbonyl (C=O) groups is 1. The van der Waals surface area contributed by atoms with Crippen molar-refractivity contribution in [2.24, 2.45) is 0 Å². The molecule has 0 bridgehead atoms. The number of hydrogen-bond donors (Lipinski definition) is 3. The van der Waals surface area contributed by atoms with Crippen molar-refractivity contribution in [3.63, 3.8) is 0 Å². The number of nitrogens with one attached hydrogen (secondary N) is 3. The van der Waals surface area contributed by atoms with Crippen LogP contribution in [-0.4, -0.2) is 37.1 Å². The van der Waals surface area contributed by atoms with Gasteiger partial charge in [-0.2, -0.15) is 5.10 Å². The van der Waals surface area contributed by atoms with E-state index in [4.69, 9.17) is 4.98 Å². The first kappa shape index (κ1) is 16.6. The summed E-state index contributed by atoms with van der Waals surface area (Å²) in [5.41, 5.74) is 3.52. The zero-order valence-electron chi connectivity index (χ0n) is 14.4. The third-order valence-corrected chi connectivity index (χ3v) is 5.05. The fraction of sp³-hybridized carbons (Fsp3) is 0.222. The van der Waals surface area contributed by atoms with E-state index in [0.717, 1.165) is 44.5 Å². The number of aromatic amines is 2. The van der Waals surface area contributed by atoms with E-state index in [9.17, 15) is 4.79 Å². The number of aromatic nitrogens is 5. The second-order valence-corrected chi connectivity index (χ2v) is 7.28. The number of hydrogen-bond acceptors (Lipinski definition) is 5. The monoisotopic (exact) mass is 366 g/mol. The van der Waals surface area contributed by atoms with Crippen LogP contribution >= 0.6 is 11.8 Å². The van der Waals surface area contributed by atoms with Gasteiger partial charge < -0.3 is 10.3 Å².